The van der Waals surface area contributed by atoms with Crippen LogP contribution in [0.2, 0.25) is 0 Å². The Bertz CT molecular complexity index is 520. The van der Waals surface area contributed by atoms with E-state index in [1.807, 2.05) is 85.7 Å². The fourth-order valence-electron chi connectivity index (χ4n) is 3.37. The molecule has 0 saturated heterocycles. The number of carbonyl (C=O) groups is 1. The smallest absolute Gasteiger partial charge is 0.453 e. The molecule has 1 aromatic rings. The average molecular weight is 491 g/mol. The number of ether oxygens (including phenoxy) is 1. The van der Waals surface area contributed by atoms with Gasteiger partial charge in [-0.15, -0.1) is 0 Å². The molecule has 3 heteroatoms. The topological polar surface area (TPSA) is 26.3 Å². The second-order valence-corrected chi connectivity index (χ2v) is 6.27. The fourth-order valence-corrected chi connectivity index (χ4v) is 3.37. The second-order valence-electron chi connectivity index (χ2n) is 6.27. The van der Waals surface area contributed by atoms with Crippen LogP contribution < -0.4 is 4.74 Å². The number of hydrogen-bond acceptors (Lipinski definition) is 2. The normalized spacial score (nSPS) is 15.8. The maximum absolute atomic E-state index is 12.0. The first-order chi connectivity index (χ1) is 14.3. The van der Waals surface area contributed by atoms with Crippen molar-refractivity contribution in [3.05, 3.63) is 56.5 Å². The third kappa shape index (κ3) is 15.7. The Morgan fingerprint density at radius 2 is 1.12 bits per heavy atom. The summed E-state index contributed by atoms with van der Waals surface area (Å²) in [4.78, 5) is 12.0. The number of carbonyl (C=O) groups excluding carboxylic acids is 1. The van der Waals surface area contributed by atoms with Gasteiger partial charge in [0.05, 0.1) is 5.56 Å². The van der Waals surface area contributed by atoms with Crippen molar-refractivity contribution < 1.29 is 26.6 Å². The summed E-state index contributed by atoms with van der Waals surface area (Å²) in [6.07, 6.45) is 14.5. The van der Waals surface area contributed by atoms with Crippen LogP contribution >= 0.6 is 0 Å². The number of ketones is 1. The van der Waals surface area contributed by atoms with E-state index in [0.717, 1.165) is 0 Å². The van der Waals surface area contributed by atoms with Crippen LogP contribution in [0.5, 0.6) is 5.75 Å². The standard InChI is InChI=1S/C14H14O2.C5H10.4C2H6.2CH3.Fe/c15-14-11-7-3-4-8-12(11)16-13(14)9-10-5-1-2-6-10;1-2-4-5-3-1;4*1-2;;;/h3-4,7-10H,1-2,5-6H2;1-5H2;4*1-2H3;2*1H3;/q;;;;;;2*-1;+2/b13-9-;;;;;;;;. The Kier molecular flexibility index (Phi) is 38.6. The number of rotatable bonds is 1. The molecule has 0 bridgehead atoms. The molecule has 0 N–H and O–H groups in total. The molecule has 4 rings (SSSR count). The maximum Gasteiger partial charge on any atom is 2.00 e. The van der Waals surface area contributed by atoms with Gasteiger partial charge < -0.3 is 19.6 Å². The van der Waals surface area contributed by atoms with E-state index in [2.05, 4.69) is 0 Å². The first-order valence-electron chi connectivity index (χ1n) is 12.4. The molecule has 1 heterocycles. The Balaban J connectivity index is -0.000000130. The molecule has 0 atom stereocenters. The molecule has 2 aliphatic carbocycles. The third-order valence-electron chi connectivity index (χ3n) is 4.61. The van der Waals surface area contributed by atoms with E-state index in [-0.39, 0.29) is 37.7 Å². The van der Waals surface area contributed by atoms with Crippen LogP contribution in [0.4, 0.5) is 0 Å². The van der Waals surface area contributed by atoms with Gasteiger partial charge >= 0.3 is 17.1 Å². The first-order valence-corrected chi connectivity index (χ1v) is 12.4. The van der Waals surface area contributed by atoms with Crippen LogP contribution in [0.1, 0.15) is 124 Å². The van der Waals surface area contributed by atoms with E-state index >= 15 is 0 Å². The minimum Gasteiger partial charge on any atom is -0.453 e. The van der Waals surface area contributed by atoms with E-state index in [4.69, 9.17) is 4.74 Å². The summed E-state index contributed by atoms with van der Waals surface area (Å²) in [6, 6.07) is 7.44. The molecule has 1 aromatic carbocycles. The van der Waals surface area contributed by atoms with Crippen molar-refractivity contribution in [1.82, 2.24) is 0 Å². The van der Waals surface area contributed by atoms with E-state index in [1.54, 1.807) is 0 Å². The van der Waals surface area contributed by atoms with Gasteiger partial charge in [-0.25, -0.2) is 0 Å². The van der Waals surface area contributed by atoms with Crippen molar-refractivity contribution in [2.75, 3.05) is 0 Å². The monoisotopic (exact) mass is 490 g/mol. The van der Waals surface area contributed by atoms with Crippen molar-refractivity contribution in [3.63, 3.8) is 0 Å². The molecule has 0 aromatic heterocycles. The van der Waals surface area contributed by atoms with Gasteiger partial charge in [0.25, 0.3) is 0 Å². The fraction of sp³-hybridized carbons (Fsp3) is 0.621. The predicted octanol–water partition coefficient (Wildman–Crippen LogP) is 10.3. The zero-order valence-electron chi connectivity index (χ0n) is 23.0. The van der Waals surface area contributed by atoms with Crippen LogP contribution in [0.3, 0.4) is 0 Å². The summed E-state index contributed by atoms with van der Waals surface area (Å²) in [5, 5.41) is 0. The molecule has 3 aliphatic rings. The first kappa shape index (κ1) is 41.2. The minimum absolute atomic E-state index is 0. The van der Waals surface area contributed by atoms with Crippen molar-refractivity contribution in [3.8, 4) is 5.75 Å². The summed E-state index contributed by atoms with van der Waals surface area (Å²) >= 11 is 0. The molecule has 2 saturated carbocycles. The molecular weight excluding hydrogens is 436 g/mol. The molecule has 2 fully saturated rings. The summed E-state index contributed by atoms with van der Waals surface area (Å²) in [5.74, 6) is 1.82. The maximum atomic E-state index is 12.0. The van der Waals surface area contributed by atoms with Gasteiger partial charge in [-0.2, -0.15) is 0 Å². The summed E-state index contributed by atoms with van der Waals surface area (Å²) in [5.41, 5.74) is 0.701. The summed E-state index contributed by atoms with van der Waals surface area (Å²) in [7, 11) is 0. The number of benzene rings is 1. The quantitative estimate of drug-likeness (QED) is 0.222. The van der Waals surface area contributed by atoms with Crippen LogP contribution in [-0.2, 0) is 17.1 Å². The number of allylic oxidation sites excluding steroid dienone is 2. The molecule has 0 spiro atoms. The van der Waals surface area contributed by atoms with Crippen LogP contribution in [0.25, 0.3) is 0 Å². The second kappa shape index (κ2) is 29.9. The Labute approximate surface area is 213 Å². The van der Waals surface area contributed by atoms with E-state index < -0.39 is 0 Å². The van der Waals surface area contributed by atoms with Gasteiger partial charge in [0, 0.05) is 0 Å². The Morgan fingerprint density at radius 1 is 0.719 bits per heavy atom. The number of para-hydroxylation sites is 1. The number of Topliss-reactive ketones (excluding diaryl/α,β-unsaturated/α-hetero) is 1. The molecule has 2 nitrogen and oxygen atoms in total. The average Bonchev–Trinajstić information content (AvgIpc) is 3.60. The van der Waals surface area contributed by atoms with Gasteiger partial charge in [0.15, 0.2) is 5.76 Å². The number of fused-ring (bicyclic) bond motifs is 1. The van der Waals surface area contributed by atoms with Gasteiger partial charge in [0.2, 0.25) is 5.78 Å². The van der Waals surface area contributed by atoms with Crippen molar-refractivity contribution in [1.29, 1.82) is 0 Å². The van der Waals surface area contributed by atoms with E-state index in [1.165, 1.54) is 57.8 Å². The van der Waals surface area contributed by atoms with Gasteiger partial charge in [0.1, 0.15) is 5.75 Å². The molecule has 0 amide bonds. The van der Waals surface area contributed by atoms with Gasteiger partial charge in [-0.1, -0.05) is 112 Å². The molecule has 0 unspecified atom stereocenters. The molecule has 190 valence electrons. The third-order valence-corrected chi connectivity index (χ3v) is 4.61. The SMILES string of the molecule is C1CCCC1.CC.CC.CC.CC.O=C1/C(=C/C2CCCC2)Oc2ccccc21.[CH3-].[CH3-].[Fe+2]. The molecule has 1 aliphatic heterocycles. The van der Waals surface area contributed by atoms with Crippen LogP contribution in [0.15, 0.2) is 36.1 Å². The molecule has 0 radical (unpaired) electrons. The largest absolute Gasteiger partial charge is 2.00 e. The zero-order valence-corrected chi connectivity index (χ0v) is 24.1. The molecular formula is C29H54FeO2. The Morgan fingerprint density at radius 3 is 1.53 bits per heavy atom. The predicted molar refractivity (Wildman–Crippen MR) is 143 cm³/mol. The van der Waals surface area contributed by atoms with E-state index in [9.17, 15) is 4.79 Å². The molecule has 32 heavy (non-hydrogen) atoms. The number of hydrogen-bond donors (Lipinski definition) is 0. The van der Waals surface area contributed by atoms with Crippen LogP contribution in [0, 0.1) is 20.8 Å². The van der Waals surface area contributed by atoms with E-state index in [0.29, 0.717) is 23.0 Å². The summed E-state index contributed by atoms with van der Waals surface area (Å²) < 4.78 is 5.59. The minimum atomic E-state index is 0. The van der Waals surface area contributed by atoms with Gasteiger partial charge in [-0.3, -0.25) is 4.79 Å². The van der Waals surface area contributed by atoms with Crippen LogP contribution in [-0.4, -0.2) is 5.78 Å². The Hall–Kier alpha value is -1.05. The zero-order chi connectivity index (χ0) is 22.5. The van der Waals surface area contributed by atoms with Crippen molar-refractivity contribution >= 4 is 5.78 Å². The van der Waals surface area contributed by atoms with Crippen molar-refractivity contribution in [2.24, 2.45) is 5.92 Å². The van der Waals surface area contributed by atoms with Crippen molar-refractivity contribution in [2.45, 2.75) is 113 Å². The van der Waals surface area contributed by atoms with Gasteiger partial charge in [-0.05, 0) is 37.0 Å². The summed E-state index contributed by atoms with van der Waals surface area (Å²) in [6.45, 7) is 16.0.